The lowest BCUT2D eigenvalue weighted by Crippen LogP contribution is -2.01. The van der Waals surface area contributed by atoms with E-state index in [4.69, 9.17) is 9.47 Å². The first-order valence-electron chi connectivity index (χ1n) is 5.61. The third kappa shape index (κ3) is 4.13. The van der Waals surface area contributed by atoms with Gasteiger partial charge in [-0.1, -0.05) is 0 Å². The van der Waals surface area contributed by atoms with Crippen LogP contribution < -0.4 is 9.47 Å². The molecular formula is C13H20O3S. The van der Waals surface area contributed by atoms with Crippen molar-refractivity contribution >= 4 is 11.8 Å². The maximum Gasteiger partial charge on any atom is 0.128 e. The van der Waals surface area contributed by atoms with Crippen molar-refractivity contribution in [3.05, 3.63) is 23.8 Å². The molecule has 96 valence electrons. The van der Waals surface area contributed by atoms with Crippen molar-refractivity contribution in [3.63, 3.8) is 0 Å². The average Bonchev–Trinajstić information content (AvgIpc) is 2.38. The highest BCUT2D eigenvalue weighted by molar-refractivity contribution is 7.98. The van der Waals surface area contributed by atoms with Gasteiger partial charge >= 0.3 is 0 Å². The molecular weight excluding hydrogens is 236 g/mol. The standard InChI is InChI=1S/C13H20O3S/c1-15-10-6-7-11(13(9-10)16-2)12(14)5-4-8-17-3/h6-7,9,12,14H,4-5,8H2,1-3H3. The minimum absolute atomic E-state index is 0.469. The number of methoxy groups -OCH3 is 2. The van der Waals surface area contributed by atoms with E-state index in [0.29, 0.717) is 5.75 Å². The van der Waals surface area contributed by atoms with Crippen LogP contribution in [-0.2, 0) is 0 Å². The fourth-order valence-corrected chi connectivity index (χ4v) is 2.13. The second kappa shape index (κ2) is 7.45. The predicted molar refractivity (Wildman–Crippen MR) is 72.1 cm³/mol. The molecule has 1 aromatic rings. The van der Waals surface area contributed by atoms with Crippen LogP contribution in [0.25, 0.3) is 0 Å². The predicted octanol–water partition coefficient (Wildman–Crippen LogP) is 2.88. The Hall–Kier alpha value is -0.870. The topological polar surface area (TPSA) is 38.7 Å². The van der Waals surface area contributed by atoms with Crippen LogP contribution in [0, 0.1) is 0 Å². The van der Waals surface area contributed by atoms with Crippen LogP contribution in [0.1, 0.15) is 24.5 Å². The quantitative estimate of drug-likeness (QED) is 0.761. The summed E-state index contributed by atoms with van der Waals surface area (Å²) in [5, 5.41) is 10.1. The largest absolute Gasteiger partial charge is 0.497 e. The third-order valence-electron chi connectivity index (χ3n) is 2.63. The van der Waals surface area contributed by atoms with E-state index in [2.05, 4.69) is 6.26 Å². The molecule has 1 atom stereocenters. The van der Waals surface area contributed by atoms with Crippen LogP contribution in [0.3, 0.4) is 0 Å². The number of ether oxygens (including phenoxy) is 2. The molecule has 3 nitrogen and oxygen atoms in total. The van der Waals surface area contributed by atoms with Gasteiger partial charge < -0.3 is 14.6 Å². The molecule has 0 saturated carbocycles. The summed E-state index contributed by atoms with van der Waals surface area (Å²) in [6.07, 6.45) is 3.35. The lowest BCUT2D eigenvalue weighted by atomic mass is 10.0. The molecule has 0 amide bonds. The van der Waals surface area contributed by atoms with Gasteiger partial charge in [0.15, 0.2) is 0 Å². The summed E-state index contributed by atoms with van der Waals surface area (Å²) in [6.45, 7) is 0. The Balaban J connectivity index is 2.74. The highest BCUT2D eigenvalue weighted by atomic mass is 32.2. The van der Waals surface area contributed by atoms with Crippen LogP contribution >= 0.6 is 11.8 Å². The molecule has 0 saturated heterocycles. The smallest absolute Gasteiger partial charge is 0.128 e. The monoisotopic (exact) mass is 256 g/mol. The number of aliphatic hydroxyl groups excluding tert-OH is 1. The van der Waals surface area contributed by atoms with Gasteiger partial charge in [-0.15, -0.1) is 0 Å². The molecule has 0 radical (unpaired) electrons. The number of benzene rings is 1. The molecule has 0 heterocycles. The van der Waals surface area contributed by atoms with Crippen LogP contribution in [0.5, 0.6) is 11.5 Å². The van der Waals surface area contributed by atoms with Gasteiger partial charge in [-0.2, -0.15) is 11.8 Å². The highest BCUT2D eigenvalue weighted by Crippen LogP contribution is 2.31. The Bertz CT molecular complexity index is 341. The molecule has 4 heteroatoms. The fourth-order valence-electron chi connectivity index (χ4n) is 1.67. The zero-order valence-electron chi connectivity index (χ0n) is 10.6. The molecule has 0 aliphatic heterocycles. The molecule has 0 aromatic heterocycles. The lowest BCUT2D eigenvalue weighted by Gasteiger charge is -2.15. The van der Waals surface area contributed by atoms with Crippen molar-refractivity contribution in [2.24, 2.45) is 0 Å². The second-order valence-electron chi connectivity index (χ2n) is 3.76. The Morgan fingerprint density at radius 2 is 2.06 bits per heavy atom. The summed E-state index contributed by atoms with van der Waals surface area (Å²) >= 11 is 1.79. The third-order valence-corrected chi connectivity index (χ3v) is 3.32. The summed E-state index contributed by atoms with van der Waals surface area (Å²) in [5.74, 6) is 2.48. The van der Waals surface area contributed by atoms with Gasteiger partial charge in [0, 0.05) is 11.6 Å². The van der Waals surface area contributed by atoms with Gasteiger partial charge in [0.2, 0.25) is 0 Å². The van der Waals surface area contributed by atoms with Gasteiger partial charge in [0.25, 0.3) is 0 Å². The summed E-state index contributed by atoms with van der Waals surface area (Å²) in [5.41, 5.74) is 0.828. The molecule has 0 aliphatic carbocycles. The van der Waals surface area contributed by atoms with Gasteiger partial charge in [0.05, 0.1) is 20.3 Å². The normalized spacial score (nSPS) is 12.2. The first-order valence-corrected chi connectivity index (χ1v) is 7.01. The Labute approximate surface area is 107 Å². The Morgan fingerprint density at radius 3 is 2.65 bits per heavy atom. The van der Waals surface area contributed by atoms with Gasteiger partial charge in [-0.05, 0) is 37.0 Å². The van der Waals surface area contributed by atoms with E-state index in [-0.39, 0.29) is 0 Å². The minimum Gasteiger partial charge on any atom is -0.497 e. The molecule has 0 spiro atoms. The van der Waals surface area contributed by atoms with Crippen molar-refractivity contribution < 1.29 is 14.6 Å². The van der Waals surface area contributed by atoms with Crippen molar-refractivity contribution in [2.75, 3.05) is 26.2 Å². The van der Waals surface area contributed by atoms with Crippen molar-refractivity contribution in [1.29, 1.82) is 0 Å². The zero-order chi connectivity index (χ0) is 12.7. The van der Waals surface area contributed by atoms with E-state index < -0.39 is 6.10 Å². The van der Waals surface area contributed by atoms with Gasteiger partial charge in [-0.25, -0.2) is 0 Å². The molecule has 1 aromatic carbocycles. The SMILES string of the molecule is COc1ccc(C(O)CCCSC)c(OC)c1. The molecule has 0 bridgehead atoms. The van der Waals surface area contributed by atoms with Crippen molar-refractivity contribution in [1.82, 2.24) is 0 Å². The van der Waals surface area contributed by atoms with Crippen LogP contribution in [-0.4, -0.2) is 31.3 Å². The van der Waals surface area contributed by atoms with Crippen LogP contribution in [0.15, 0.2) is 18.2 Å². The highest BCUT2D eigenvalue weighted by Gasteiger charge is 2.13. The van der Waals surface area contributed by atoms with Gasteiger partial charge in [-0.3, -0.25) is 0 Å². The van der Waals surface area contributed by atoms with Crippen LogP contribution in [0.2, 0.25) is 0 Å². The molecule has 0 aliphatic rings. The number of thioether (sulfide) groups is 1. The average molecular weight is 256 g/mol. The van der Waals surface area contributed by atoms with Crippen LogP contribution in [0.4, 0.5) is 0 Å². The van der Waals surface area contributed by atoms with Crippen molar-refractivity contribution in [2.45, 2.75) is 18.9 Å². The minimum atomic E-state index is -0.469. The summed E-state index contributed by atoms with van der Waals surface area (Å²) in [7, 11) is 3.22. The summed E-state index contributed by atoms with van der Waals surface area (Å²) in [6, 6.07) is 5.50. The molecule has 17 heavy (non-hydrogen) atoms. The maximum atomic E-state index is 10.1. The number of aliphatic hydroxyl groups is 1. The first-order chi connectivity index (χ1) is 8.22. The molecule has 0 fully saturated rings. The van der Waals surface area contributed by atoms with E-state index in [1.54, 1.807) is 32.0 Å². The Morgan fingerprint density at radius 1 is 1.29 bits per heavy atom. The maximum absolute atomic E-state index is 10.1. The summed E-state index contributed by atoms with van der Waals surface area (Å²) in [4.78, 5) is 0. The first kappa shape index (κ1) is 14.2. The molecule has 1 N–H and O–H groups in total. The molecule has 1 rings (SSSR count). The van der Waals surface area contributed by atoms with E-state index in [1.165, 1.54) is 0 Å². The zero-order valence-corrected chi connectivity index (χ0v) is 11.4. The van der Waals surface area contributed by atoms with E-state index in [9.17, 15) is 5.11 Å². The summed E-state index contributed by atoms with van der Waals surface area (Å²) < 4.78 is 10.4. The van der Waals surface area contributed by atoms with Gasteiger partial charge in [0.1, 0.15) is 11.5 Å². The Kier molecular flexibility index (Phi) is 6.22. The lowest BCUT2D eigenvalue weighted by molar-refractivity contribution is 0.162. The van der Waals surface area contributed by atoms with E-state index in [0.717, 1.165) is 29.9 Å². The number of hydrogen-bond acceptors (Lipinski definition) is 4. The van der Waals surface area contributed by atoms with E-state index >= 15 is 0 Å². The molecule has 1 unspecified atom stereocenters. The number of rotatable bonds is 7. The van der Waals surface area contributed by atoms with E-state index in [1.807, 2.05) is 12.1 Å². The van der Waals surface area contributed by atoms with Crippen molar-refractivity contribution in [3.8, 4) is 11.5 Å². The fraction of sp³-hybridized carbons (Fsp3) is 0.538. The number of hydrogen-bond donors (Lipinski definition) is 1. The second-order valence-corrected chi connectivity index (χ2v) is 4.74.